The number of hydrogen-bond donors (Lipinski definition) is 1. The molecule has 0 saturated carbocycles. The van der Waals surface area contributed by atoms with E-state index in [1.165, 1.54) is 30.3 Å². The normalized spacial score (nSPS) is 11.3. The predicted octanol–water partition coefficient (Wildman–Crippen LogP) is 6.65. The standard InChI is InChI=1S/C22H14Cl2N2O5S/c23-14-5-7-15(8-6-14)25-32(29,30)22-12-11-20(17-3-1-2-4-18(17)22)31-21-10-9-16(26(27)28)13-19(21)24/h1-13,25H. The summed E-state index contributed by atoms with van der Waals surface area (Å²) < 4.78 is 34.5. The molecule has 4 aromatic carbocycles. The van der Waals surface area contributed by atoms with Crippen LogP contribution in [0.25, 0.3) is 10.8 Å². The Bertz CT molecular complexity index is 1440. The quantitative estimate of drug-likeness (QED) is 0.242. The van der Waals surface area contributed by atoms with E-state index in [4.69, 9.17) is 27.9 Å². The number of rotatable bonds is 6. The van der Waals surface area contributed by atoms with Crippen molar-refractivity contribution in [3.05, 3.63) is 99.0 Å². The van der Waals surface area contributed by atoms with Gasteiger partial charge in [0.2, 0.25) is 0 Å². The fraction of sp³-hybridized carbons (Fsp3) is 0. The van der Waals surface area contributed by atoms with Gasteiger partial charge in [0, 0.05) is 33.6 Å². The van der Waals surface area contributed by atoms with Gasteiger partial charge in [-0.15, -0.1) is 0 Å². The van der Waals surface area contributed by atoms with E-state index in [2.05, 4.69) is 4.72 Å². The number of ether oxygens (including phenoxy) is 1. The number of fused-ring (bicyclic) bond motifs is 1. The van der Waals surface area contributed by atoms with E-state index in [9.17, 15) is 18.5 Å². The molecule has 0 spiro atoms. The van der Waals surface area contributed by atoms with Crippen molar-refractivity contribution in [1.82, 2.24) is 0 Å². The minimum atomic E-state index is -3.92. The van der Waals surface area contributed by atoms with E-state index in [0.29, 0.717) is 27.2 Å². The van der Waals surface area contributed by atoms with Crippen LogP contribution < -0.4 is 9.46 Å². The van der Waals surface area contributed by atoms with Gasteiger partial charge in [-0.05, 0) is 42.5 Å². The maximum absolute atomic E-state index is 13.1. The fourth-order valence-electron chi connectivity index (χ4n) is 3.10. The second kappa shape index (κ2) is 8.66. The lowest BCUT2D eigenvalue weighted by Crippen LogP contribution is -2.13. The molecule has 0 saturated heterocycles. The van der Waals surface area contributed by atoms with Crippen molar-refractivity contribution in [2.45, 2.75) is 4.90 Å². The number of hydrogen-bond acceptors (Lipinski definition) is 5. The van der Waals surface area contributed by atoms with Crippen LogP contribution in [0.15, 0.2) is 83.8 Å². The molecule has 162 valence electrons. The molecule has 0 unspecified atom stereocenters. The molecule has 0 fully saturated rings. The van der Waals surface area contributed by atoms with Crippen LogP contribution in [0.3, 0.4) is 0 Å². The molecule has 0 heterocycles. The average molecular weight is 489 g/mol. The summed E-state index contributed by atoms with van der Waals surface area (Å²) in [5.41, 5.74) is 0.207. The van der Waals surface area contributed by atoms with Gasteiger partial charge in [0.25, 0.3) is 15.7 Å². The summed E-state index contributed by atoms with van der Waals surface area (Å²) in [5, 5.41) is 12.4. The van der Waals surface area contributed by atoms with Gasteiger partial charge in [-0.3, -0.25) is 14.8 Å². The first-order valence-corrected chi connectivity index (χ1v) is 11.4. The molecule has 4 aromatic rings. The molecule has 1 N–H and O–H groups in total. The molecule has 0 radical (unpaired) electrons. The number of nitro groups is 1. The first-order valence-electron chi connectivity index (χ1n) is 9.16. The third-order valence-electron chi connectivity index (χ3n) is 4.58. The molecule has 0 aliphatic heterocycles. The molecule has 0 aromatic heterocycles. The van der Waals surface area contributed by atoms with Crippen LogP contribution in [0.5, 0.6) is 11.5 Å². The molecule has 10 heteroatoms. The average Bonchev–Trinajstić information content (AvgIpc) is 2.76. The van der Waals surface area contributed by atoms with Gasteiger partial charge >= 0.3 is 0 Å². The third-order valence-corrected chi connectivity index (χ3v) is 6.56. The SMILES string of the molecule is O=[N+]([O-])c1ccc(Oc2ccc(S(=O)(=O)Nc3ccc(Cl)cc3)c3ccccc23)c(Cl)c1. The van der Waals surface area contributed by atoms with Crippen molar-refractivity contribution >= 4 is 55.4 Å². The first kappa shape index (κ1) is 21.9. The molecular weight excluding hydrogens is 475 g/mol. The lowest BCUT2D eigenvalue weighted by molar-refractivity contribution is -0.384. The molecule has 0 amide bonds. The molecule has 0 aliphatic carbocycles. The number of nitrogens with zero attached hydrogens (tertiary/aromatic N) is 1. The lowest BCUT2D eigenvalue weighted by Gasteiger charge is -2.14. The van der Waals surface area contributed by atoms with Crippen LogP contribution in [0.1, 0.15) is 0 Å². The second-order valence-electron chi connectivity index (χ2n) is 6.69. The number of non-ortho nitro benzene ring substituents is 1. The Morgan fingerprint density at radius 2 is 1.50 bits per heavy atom. The van der Waals surface area contributed by atoms with E-state index in [1.807, 2.05) is 0 Å². The van der Waals surface area contributed by atoms with Crippen molar-refractivity contribution in [2.24, 2.45) is 0 Å². The van der Waals surface area contributed by atoms with Crippen molar-refractivity contribution in [3.63, 3.8) is 0 Å². The Labute approximate surface area is 193 Å². The Hall–Kier alpha value is -3.33. The Morgan fingerprint density at radius 1 is 0.844 bits per heavy atom. The van der Waals surface area contributed by atoms with Gasteiger partial charge in [-0.25, -0.2) is 8.42 Å². The summed E-state index contributed by atoms with van der Waals surface area (Å²) in [7, 11) is -3.92. The van der Waals surface area contributed by atoms with Crippen molar-refractivity contribution in [2.75, 3.05) is 4.72 Å². The number of halogens is 2. The van der Waals surface area contributed by atoms with Gasteiger partial charge in [0.1, 0.15) is 11.5 Å². The van der Waals surface area contributed by atoms with Crippen LogP contribution in [0, 0.1) is 10.1 Å². The molecule has 0 bridgehead atoms. The third kappa shape index (κ3) is 4.47. The van der Waals surface area contributed by atoms with Crippen LogP contribution in [0.2, 0.25) is 10.0 Å². The van der Waals surface area contributed by atoms with E-state index in [1.54, 1.807) is 48.5 Å². The number of nitrogens with one attached hydrogen (secondary N) is 1. The molecular formula is C22H14Cl2N2O5S. The van der Waals surface area contributed by atoms with Crippen molar-refractivity contribution < 1.29 is 18.1 Å². The van der Waals surface area contributed by atoms with E-state index in [0.717, 1.165) is 0 Å². The number of anilines is 1. The van der Waals surface area contributed by atoms with Gasteiger partial charge in [-0.1, -0.05) is 47.5 Å². The van der Waals surface area contributed by atoms with Gasteiger partial charge in [0.15, 0.2) is 0 Å². The smallest absolute Gasteiger partial charge is 0.271 e. The lowest BCUT2D eigenvalue weighted by atomic mass is 10.1. The molecule has 4 rings (SSSR count). The predicted molar refractivity (Wildman–Crippen MR) is 124 cm³/mol. The van der Waals surface area contributed by atoms with E-state index >= 15 is 0 Å². The van der Waals surface area contributed by atoms with Crippen LogP contribution >= 0.6 is 23.2 Å². The summed E-state index contributed by atoms with van der Waals surface area (Å²) in [6, 6.07) is 19.9. The Morgan fingerprint density at radius 3 is 2.16 bits per heavy atom. The Balaban J connectivity index is 1.73. The van der Waals surface area contributed by atoms with Crippen LogP contribution in [0.4, 0.5) is 11.4 Å². The van der Waals surface area contributed by atoms with Crippen molar-refractivity contribution in [3.8, 4) is 11.5 Å². The summed E-state index contributed by atoms with van der Waals surface area (Å²) in [5.74, 6) is 0.555. The van der Waals surface area contributed by atoms with Gasteiger partial charge in [0.05, 0.1) is 14.8 Å². The highest BCUT2D eigenvalue weighted by atomic mass is 35.5. The molecule has 0 atom stereocenters. The summed E-state index contributed by atoms with van der Waals surface area (Å²) >= 11 is 12.0. The van der Waals surface area contributed by atoms with Crippen LogP contribution in [-0.2, 0) is 10.0 Å². The fourth-order valence-corrected chi connectivity index (χ4v) is 4.71. The maximum Gasteiger partial charge on any atom is 0.271 e. The number of sulfonamides is 1. The highest BCUT2D eigenvalue weighted by molar-refractivity contribution is 7.93. The summed E-state index contributed by atoms with van der Waals surface area (Å²) in [6.45, 7) is 0. The first-order chi connectivity index (χ1) is 15.2. The number of nitro benzene ring substituents is 1. The molecule has 32 heavy (non-hydrogen) atoms. The van der Waals surface area contributed by atoms with E-state index < -0.39 is 14.9 Å². The topological polar surface area (TPSA) is 98.5 Å². The largest absolute Gasteiger partial charge is 0.455 e. The molecule has 0 aliphatic rings. The zero-order valence-corrected chi connectivity index (χ0v) is 18.5. The van der Waals surface area contributed by atoms with Crippen molar-refractivity contribution in [1.29, 1.82) is 0 Å². The van der Waals surface area contributed by atoms with Gasteiger partial charge < -0.3 is 4.74 Å². The maximum atomic E-state index is 13.1. The van der Waals surface area contributed by atoms with Crippen LogP contribution in [-0.4, -0.2) is 13.3 Å². The monoisotopic (exact) mass is 488 g/mol. The highest BCUT2D eigenvalue weighted by Crippen LogP contribution is 2.37. The zero-order valence-electron chi connectivity index (χ0n) is 16.2. The zero-order chi connectivity index (χ0) is 22.9. The second-order valence-corrected chi connectivity index (χ2v) is 9.19. The van der Waals surface area contributed by atoms with Gasteiger partial charge in [-0.2, -0.15) is 0 Å². The van der Waals surface area contributed by atoms with E-state index in [-0.39, 0.29) is 21.4 Å². The minimum absolute atomic E-state index is 0.0596. The summed E-state index contributed by atoms with van der Waals surface area (Å²) in [6.07, 6.45) is 0. The number of benzene rings is 4. The summed E-state index contributed by atoms with van der Waals surface area (Å²) in [4.78, 5) is 10.4. The molecule has 7 nitrogen and oxygen atoms in total. The minimum Gasteiger partial charge on any atom is -0.455 e. The highest BCUT2D eigenvalue weighted by Gasteiger charge is 2.20. The Kier molecular flexibility index (Phi) is 5.92.